The number of hydrogen-bond acceptors (Lipinski definition) is 4. The van der Waals surface area contributed by atoms with Gasteiger partial charge in [0.2, 0.25) is 5.91 Å². The number of aliphatic carboxylic acids is 1. The van der Waals surface area contributed by atoms with Crippen LogP contribution in [-0.4, -0.2) is 22.0 Å². The zero-order valence-corrected chi connectivity index (χ0v) is 10.7. The molecule has 17 heavy (non-hydrogen) atoms. The Labute approximate surface area is 103 Å². The van der Waals surface area contributed by atoms with E-state index in [2.05, 4.69) is 10.3 Å². The molecule has 0 bridgehead atoms. The molecule has 2 rings (SSSR count). The first kappa shape index (κ1) is 12.0. The largest absolute Gasteiger partial charge is 0.481 e. The fraction of sp³-hybridized carbons (Fsp3) is 0.545. The van der Waals surface area contributed by atoms with Crippen LogP contribution in [0, 0.1) is 24.2 Å². The molecule has 0 radical (unpaired) electrons. The van der Waals surface area contributed by atoms with E-state index in [1.54, 1.807) is 20.0 Å². The van der Waals surface area contributed by atoms with Crippen LogP contribution >= 0.6 is 11.3 Å². The van der Waals surface area contributed by atoms with E-state index in [1.807, 2.05) is 6.92 Å². The van der Waals surface area contributed by atoms with Crippen LogP contribution in [-0.2, 0) is 9.59 Å². The van der Waals surface area contributed by atoms with Crippen molar-refractivity contribution in [2.24, 2.45) is 17.3 Å². The molecule has 1 aromatic rings. The van der Waals surface area contributed by atoms with Crippen LogP contribution in [0.2, 0.25) is 0 Å². The number of carbonyl (C=O) groups is 2. The third kappa shape index (κ3) is 2.04. The molecular weight excluding hydrogens is 240 g/mol. The van der Waals surface area contributed by atoms with E-state index < -0.39 is 23.2 Å². The van der Waals surface area contributed by atoms with Crippen molar-refractivity contribution in [2.45, 2.75) is 20.8 Å². The molecule has 1 aliphatic carbocycles. The minimum Gasteiger partial charge on any atom is -0.481 e. The third-order valence-corrected chi connectivity index (χ3v) is 4.06. The number of carboxylic acids is 1. The van der Waals surface area contributed by atoms with Gasteiger partial charge in [-0.3, -0.25) is 9.59 Å². The number of rotatable bonds is 3. The van der Waals surface area contributed by atoms with Crippen LogP contribution in [0.4, 0.5) is 5.13 Å². The van der Waals surface area contributed by atoms with Crippen molar-refractivity contribution >= 4 is 28.3 Å². The highest BCUT2D eigenvalue weighted by Gasteiger charge is 2.65. The normalized spacial score (nSPS) is 25.4. The Morgan fingerprint density at radius 3 is 2.53 bits per heavy atom. The van der Waals surface area contributed by atoms with Crippen molar-refractivity contribution in [1.82, 2.24) is 4.98 Å². The highest BCUT2D eigenvalue weighted by molar-refractivity contribution is 7.15. The van der Waals surface area contributed by atoms with Gasteiger partial charge >= 0.3 is 5.97 Å². The van der Waals surface area contributed by atoms with Crippen molar-refractivity contribution in [2.75, 3.05) is 5.32 Å². The number of thiazole rings is 1. The molecule has 0 spiro atoms. The van der Waals surface area contributed by atoms with Crippen LogP contribution in [0.25, 0.3) is 0 Å². The molecule has 2 atom stereocenters. The number of hydrogen-bond donors (Lipinski definition) is 2. The molecule has 5 nitrogen and oxygen atoms in total. The van der Waals surface area contributed by atoms with Gasteiger partial charge in [0.25, 0.3) is 0 Å². The third-order valence-electron chi connectivity index (χ3n) is 3.23. The van der Waals surface area contributed by atoms with E-state index in [4.69, 9.17) is 5.11 Å². The van der Waals surface area contributed by atoms with Crippen molar-refractivity contribution in [3.63, 3.8) is 0 Å². The molecule has 2 N–H and O–H groups in total. The topological polar surface area (TPSA) is 79.3 Å². The Hall–Kier alpha value is -1.43. The van der Waals surface area contributed by atoms with Gasteiger partial charge in [-0.2, -0.15) is 0 Å². The van der Waals surface area contributed by atoms with Crippen molar-refractivity contribution in [3.05, 3.63) is 11.1 Å². The lowest BCUT2D eigenvalue weighted by Gasteiger charge is -2.02. The number of carbonyl (C=O) groups excluding carboxylic acids is 1. The Bertz CT molecular complexity index is 481. The van der Waals surface area contributed by atoms with Gasteiger partial charge in [-0.05, 0) is 12.3 Å². The molecule has 0 saturated heterocycles. The molecule has 0 aliphatic heterocycles. The molecule has 1 fully saturated rings. The first-order valence-corrected chi connectivity index (χ1v) is 6.12. The lowest BCUT2D eigenvalue weighted by atomic mass is 10.1. The molecule has 92 valence electrons. The molecule has 0 aromatic carbocycles. The Kier molecular flexibility index (Phi) is 2.69. The van der Waals surface area contributed by atoms with E-state index in [9.17, 15) is 9.59 Å². The molecule has 6 heteroatoms. The van der Waals surface area contributed by atoms with E-state index in [-0.39, 0.29) is 5.91 Å². The monoisotopic (exact) mass is 254 g/mol. The lowest BCUT2D eigenvalue weighted by Crippen LogP contribution is -2.17. The van der Waals surface area contributed by atoms with Crippen molar-refractivity contribution in [3.8, 4) is 0 Å². The van der Waals surface area contributed by atoms with Crippen LogP contribution in [0.3, 0.4) is 0 Å². The van der Waals surface area contributed by atoms with Crippen LogP contribution in [0.5, 0.6) is 0 Å². The predicted molar refractivity (Wildman–Crippen MR) is 63.9 cm³/mol. The van der Waals surface area contributed by atoms with Crippen molar-refractivity contribution in [1.29, 1.82) is 0 Å². The minimum atomic E-state index is -0.912. The second kappa shape index (κ2) is 3.80. The highest BCUT2D eigenvalue weighted by Crippen LogP contribution is 2.58. The van der Waals surface area contributed by atoms with Crippen LogP contribution in [0.15, 0.2) is 6.20 Å². The summed E-state index contributed by atoms with van der Waals surface area (Å²) in [5.41, 5.74) is -0.470. The quantitative estimate of drug-likeness (QED) is 0.861. The first-order valence-electron chi connectivity index (χ1n) is 5.30. The van der Waals surface area contributed by atoms with Gasteiger partial charge < -0.3 is 10.4 Å². The number of nitrogens with one attached hydrogen (secondary N) is 1. The van der Waals surface area contributed by atoms with Crippen LogP contribution < -0.4 is 5.32 Å². The fourth-order valence-electron chi connectivity index (χ4n) is 2.18. The van der Waals surface area contributed by atoms with Gasteiger partial charge in [-0.25, -0.2) is 4.98 Å². The smallest absolute Gasteiger partial charge is 0.307 e. The summed E-state index contributed by atoms with van der Waals surface area (Å²) in [7, 11) is 0. The molecule has 1 heterocycles. The Morgan fingerprint density at radius 1 is 1.47 bits per heavy atom. The van der Waals surface area contributed by atoms with E-state index in [0.717, 1.165) is 4.88 Å². The minimum absolute atomic E-state index is 0.253. The lowest BCUT2D eigenvalue weighted by molar-refractivity contribution is -0.140. The van der Waals surface area contributed by atoms with Gasteiger partial charge in [-0.15, -0.1) is 11.3 Å². The maximum absolute atomic E-state index is 11.9. The Morgan fingerprint density at radius 2 is 2.12 bits per heavy atom. The van der Waals surface area contributed by atoms with Gasteiger partial charge in [-0.1, -0.05) is 13.8 Å². The van der Waals surface area contributed by atoms with Gasteiger partial charge in [0.15, 0.2) is 5.13 Å². The molecule has 1 aliphatic rings. The highest BCUT2D eigenvalue weighted by atomic mass is 32.1. The SMILES string of the molecule is Cc1cnc(NC(=O)[C@H]2[C@@H](C(=O)O)C2(C)C)s1. The number of nitrogens with zero attached hydrogens (tertiary/aromatic N) is 1. The average molecular weight is 254 g/mol. The average Bonchev–Trinajstić information content (AvgIpc) is 2.54. The van der Waals surface area contributed by atoms with Gasteiger partial charge in [0.05, 0.1) is 11.8 Å². The van der Waals surface area contributed by atoms with E-state index in [0.29, 0.717) is 5.13 Å². The zero-order chi connectivity index (χ0) is 12.8. The zero-order valence-electron chi connectivity index (χ0n) is 9.85. The summed E-state index contributed by atoms with van der Waals surface area (Å²) >= 11 is 1.38. The van der Waals surface area contributed by atoms with E-state index >= 15 is 0 Å². The summed E-state index contributed by atoms with van der Waals surface area (Å²) in [6.07, 6.45) is 1.67. The summed E-state index contributed by atoms with van der Waals surface area (Å²) < 4.78 is 0. The second-order valence-corrected chi connectivity index (χ2v) is 6.12. The van der Waals surface area contributed by atoms with Gasteiger partial charge in [0.1, 0.15) is 0 Å². The van der Waals surface area contributed by atoms with Gasteiger partial charge in [0, 0.05) is 11.1 Å². The molecular formula is C11H14N2O3S. The molecule has 1 aromatic heterocycles. The number of aromatic nitrogens is 1. The number of amides is 1. The maximum atomic E-state index is 11.9. The number of carboxylic acid groups (broad SMARTS) is 1. The summed E-state index contributed by atoms with van der Waals surface area (Å²) in [5.74, 6) is -2.23. The fourth-order valence-corrected chi connectivity index (χ4v) is 2.85. The number of aryl methyl sites for hydroxylation is 1. The predicted octanol–water partition coefficient (Wildman–Crippen LogP) is 1.75. The first-order chi connectivity index (χ1) is 7.84. The molecule has 1 saturated carbocycles. The summed E-state index contributed by atoms with van der Waals surface area (Å²) in [6.45, 7) is 5.49. The van der Waals surface area contributed by atoms with Crippen molar-refractivity contribution < 1.29 is 14.7 Å². The summed E-state index contributed by atoms with van der Waals surface area (Å²) in [5, 5.41) is 12.2. The standard InChI is InChI=1S/C11H14N2O3S/c1-5-4-12-10(17-5)13-8(14)6-7(9(15)16)11(6,2)3/h4,6-7H,1-3H3,(H,15,16)(H,12,13,14)/t6-,7+/m1/s1. The van der Waals surface area contributed by atoms with E-state index in [1.165, 1.54) is 11.3 Å². The maximum Gasteiger partial charge on any atom is 0.307 e. The molecule has 0 unspecified atom stereocenters. The molecule has 1 amide bonds. The Balaban J connectivity index is 2.05. The summed E-state index contributed by atoms with van der Waals surface area (Å²) in [4.78, 5) is 27.9. The second-order valence-electron chi connectivity index (χ2n) is 4.88. The van der Waals surface area contributed by atoms with Crippen LogP contribution in [0.1, 0.15) is 18.7 Å². The summed E-state index contributed by atoms with van der Waals surface area (Å²) in [6, 6.07) is 0. The number of anilines is 1.